The van der Waals surface area contributed by atoms with E-state index in [0.717, 1.165) is 47.9 Å². The van der Waals surface area contributed by atoms with Gasteiger partial charge in [-0.15, -0.1) is 0 Å². The summed E-state index contributed by atoms with van der Waals surface area (Å²) in [4.78, 5) is 2.18. The monoisotopic (exact) mass is 308 g/mol. The van der Waals surface area contributed by atoms with Gasteiger partial charge < -0.3 is 14.2 Å². The van der Waals surface area contributed by atoms with Crippen molar-refractivity contribution in [1.29, 1.82) is 0 Å². The molecule has 0 atom stereocenters. The van der Waals surface area contributed by atoms with Crippen LogP contribution in [0.1, 0.15) is 0 Å². The van der Waals surface area contributed by atoms with Gasteiger partial charge in [0.2, 0.25) is 0 Å². The molecule has 18 heavy (non-hydrogen) atoms. The van der Waals surface area contributed by atoms with Crippen molar-refractivity contribution in [2.45, 2.75) is 0 Å². The van der Waals surface area contributed by atoms with Crippen LogP contribution < -0.4 is 4.90 Å². The molecule has 3 rings (SSSR count). The number of aromatic nitrogens is 1. The number of hydrogen-bond acceptors (Lipinski definition) is 4. The smallest absolute Gasteiger partial charge is 0.172 e. The Labute approximate surface area is 114 Å². The van der Waals surface area contributed by atoms with Gasteiger partial charge in [0.25, 0.3) is 0 Å². The maximum atomic E-state index is 5.40. The van der Waals surface area contributed by atoms with Gasteiger partial charge in [-0.25, -0.2) is 0 Å². The summed E-state index contributed by atoms with van der Waals surface area (Å²) < 4.78 is 11.8. The van der Waals surface area contributed by atoms with Crippen LogP contribution >= 0.6 is 15.9 Å². The predicted octanol–water partition coefficient (Wildman–Crippen LogP) is 2.94. The molecule has 0 unspecified atom stereocenters. The number of halogens is 1. The quantitative estimate of drug-likeness (QED) is 0.855. The maximum absolute atomic E-state index is 5.40. The highest BCUT2D eigenvalue weighted by Crippen LogP contribution is 2.26. The Kier molecular flexibility index (Phi) is 3.34. The third-order valence-corrected chi connectivity index (χ3v) is 3.49. The zero-order valence-electron chi connectivity index (χ0n) is 9.80. The van der Waals surface area contributed by atoms with E-state index in [1.54, 1.807) is 0 Å². The Hall–Kier alpha value is -1.33. The van der Waals surface area contributed by atoms with Gasteiger partial charge in [-0.2, -0.15) is 0 Å². The Morgan fingerprint density at radius 3 is 2.56 bits per heavy atom. The van der Waals surface area contributed by atoms with Crippen LogP contribution in [0.4, 0.5) is 5.82 Å². The summed E-state index contributed by atoms with van der Waals surface area (Å²) in [6.07, 6.45) is 0. The third kappa shape index (κ3) is 2.42. The molecule has 1 fully saturated rings. The summed E-state index contributed by atoms with van der Waals surface area (Å²) in [5, 5.41) is 4.12. The zero-order chi connectivity index (χ0) is 12.4. The minimum atomic E-state index is 0.750. The molecule has 2 aromatic rings. The summed E-state index contributed by atoms with van der Waals surface area (Å²) in [6, 6.07) is 9.98. The summed E-state index contributed by atoms with van der Waals surface area (Å²) in [7, 11) is 0. The van der Waals surface area contributed by atoms with Crippen LogP contribution in [-0.4, -0.2) is 31.5 Å². The van der Waals surface area contributed by atoms with Gasteiger partial charge in [-0.1, -0.05) is 33.2 Å². The van der Waals surface area contributed by atoms with Crippen molar-refractivity contribution in [3.63, 3.8) is 0 Å². The number of rotatable bonds is 2. The lowest BCUT2D eigenvalue weighted by molar-refractivity contribution is 0.122. The SMILES string of the molecule is Brc1ccc(-c2cc(N3CCOCC3)no2)cc1. The molecule has 1 saturated heterocycles. The van der Waals surface area contributed by atoms with Gasteiger partial charge in [-0.05, 0) is 12.1 Å². The number of morpholine rings is 1. The molecule has 0 spiro atoms. The Bertz CT molecular complexity index is 518. The highest BCUT2D eigenvalue weighted by molar-refractivity contribution is 9.10. The van der Waals surface area contributed by atoms with E-state index in [2.05, 4.69) is 26.0 Å². The minimum Gasteiger partial charge on any atom is -0.378 e. The largest absolute Gasteiger partial charge is 0.378 e. The number of hydrogen-bond donors (Lipinski definition) is 0. The summed E-state index contributed by atoms with van der Waals surface area (Å²) in [6.45, 7) is 3.24. The second-order valence-corrected chi connectivity index (χ2v) is 5.07. The van der Waals surface area contributed by atoms with E-state index >= 15 is 0 Å². The fraction of sp³-hybridized carbons (Fsp3) is 0.308. The molecule has 2 heterocycles. The Morgan fingerprint density at radius 1 is 1.11 bits per heavy atom. The fourth-order valence-corrected chi connectivity index (χ4v) is 2.22. The Balaban J connectivity index is 1.82. The maximum Gasteiger partial charge on any atom is 0.172 e. The molecule has 1 aromatic heterocycles. The lowest BCUT2D eigenvalue weighted by Gasteiger charge is -2.25. The van der Waals surface area contributed by atoms with Crippen LogP contribution in [0.25, 0.3) is 11.3 Å². The molecule has 0 N–H and O–H groups in total. The Morgan fingerprint density at radius 2 is 1.83 bits per heavy atom. The molecule has 0 aliphatic carbocycles. The molecule has 1 aliphatic heterocycles. The van der Waals surface area contributed by atoms with Gasteiger partial charge in [0.1, 0.15) is 0 Å². The minimum absolute atomic E-state index is 0.750. The first-order valence-electron chi connectivity index (χ1n) is 5.88. The van der Waals surface area contributed by atoms with Crippen LogP contribution in [0.2, 0.25) is 0 Å². The predicted molar refractivity (Wildman–Crippen MR) is 72.7 cm³/mol. The second-order valence-electron chi connectivity index (χ2n) is 4.16. The van der Waals surface area contributed by atoms with E-state index in [0.29, 0.717) is 0 Å². The average Bonchev–Trinajstić information content (AvgIpc) is 2.90. The first-order valence-corrected chi connectivity index (χ1v) is 6.67. The summed E-state index contributed by atoms with van der Waals surface area (Å²) >= 11 is 3.42. The van der Waals surface area contributed by atoms with Gasteiger partial charge >= 0.3 is 0 Å². The van der Waals surface area contributed by atoms with E-state index in [1.165, 1.54) is 0 Å². The number of anilines is 1. The second kappa shape index (κ2) is 5.12. The van der Waals surface area contributed by atoms with E-state index < -0.39 is 0 Å². The van der Waals surface area contributed by atoms with Crippen LogP contribution in [0.15, 0.2) is 39.3 Å². The van der Waals surface area contributed by atoms with Crippen molar-refractivity contribution in [2.24, 2.45) is 0 Å². The standard InChI is InChI=1S/C13H13BrN2O2/c14-11-3-1-10(2-4-11)12-9-13(15-18-12)16-5-7-17-8-6-16/h1-4,9H,5-8H2. The van der Waals surface area contributed by atoms with E-state index in [-0.39, 0.29) is 0 Å². The van der Waals surface area contributed by atoms with E-state index in [4.69, 9.17) is 9.26 Å². The third-order valence-electron chi connectivity index (χ3n) is 2.96. The van der Waals surface area contributed by atoms with Crippen LogP contribution in [0.5, 0.6) is 0 Å². The molecule has 0 bridgehead atoms. The van der Waals surface area contributed by atoms with Gasteiger partial charge in [0.15, 0.2) is 11.6 Å². The molecule has 94 valence electrons. The lowest BCUT2D eigenvalue weighted by Crippen LogP contribution is -2.36. The van der Waals surface area contributed by atoms with Crippen LogP contribution in [-0.2, 0) is 4.74 Å². The molecule has 1 aliphatic rings. The van der Waals surface area contributed by atoms with E-state index in [1.807, 2.05) is 30.3 Å². The van der Waals surface area contributed by atoms with Gasteiger partial charge in [0.05, 0.1) is 13.2 Å². The van der Waals surface area contributed by atoms with Crippen LogP contribution in [0.3, 0.4) is 0 Å². The molecular weight excluding hydrogens is 296 g/mol. The highest BCUT2D eigenvalue weighted by Gasteiger charge is 2.16. The van der Waals surface area contributed by atoms with Crippen LogP contribution in [0, 0.1) is 0 Å². The average molecular weight is 309 g/mol. The van der Waals surface area contributed by atoms with Crippen molar-refractivity contribution in [1.82, 2.24) is 5.16 Å². The summed E-state index contributed by atoms with van der Waals surface area (Å²) in [5.74, 6) is 1.68. The van der Waals surface area contributed by atoms with Crippen molar-refractivity contribution in [2.75, 3.05) is 31.2 Å². The van der Waals surface area contributed by atoms with E-state index in [9.17, 15) is 0 Å². The first-order chi connectivity index (χ1) is 8.83. The molecule has 0 amide bonds. The van der Waals surface area contributed by atoms with Crippen molar-refractivity contribution in [3.05, 3.63) is 34.8 Å². The van der Waals surface area contributed by atoms with Crippen molar-refractivity contribution < 1.29 is 9.26 Å². The van der Waals surface area contributed by atoms with Crippen molar-refractivity contribution >= 4 is 21.7 Å². The fourth-order valence-electron chi connectivity index (χ4n) is 1.96. The van der Waals surface area contributed by atoms with Crippen molar-refractivity contribution in [3.8, 4) is 11.3 Å². The first kappa shape index (κ1) is 11.7. The normalized spacial score (nSPS) is 15.9. The number of benzene rings is 1. The molecular formula is C13H13BrN2O2. The highest BCUT2D eigenvalue weighted by atomic mass is 79.9. The molecule has 0 radical (unpaired) electrons. The van der Waals surface area contributed by atoms with Gasteiger partial charge in [0, 0.05) is 29.2 Å². The molecule has 1 aromatic carbocycles. The number of nitrogens with zero attached hydrogens (tertiary/aromatic N) is 2. The zero-order valence-corrected chi connectivity index (χ0v) is 11.4. The molecule has 4 nitrogen and oxygen atoms in total. The molecule has 5 heteroatoms. The topological polar surface area (TPSA) is 38.5 Å². The number of ether oxygens (including phenoxy) is 1. The molecule has 0 saturated carbocycles. The lowest BCUT2D eigenvalue weighted by atomic mass is 10.2. The van der Waals surface area contributed by atoms with Gasteiger partial charge in [-0.3, -0.25) is 0 Å². The summed E-state index contributed by atoms with van der Waals surface area (Å²) in [5.41, 5.74) is 1.03.